The van der Waals surface area contributed by atoms with Crippen LogP contribution in [0, 0.1) is 0 Å². The molecule has 0 aromatic carbocycles. The topological polar surface area (TPSA) is 60.1 Å². The molecule has 2 aliphatic rings. The SMILES string of the molecule is CCOC1CC(N=C(N)N2CCOC(C)C2)C1. The number of rotatable bonds is 3. The fourth-order valence-corrected chi connectivity index (χ4v) is 2.31. The first-order valence-electron chi connectivity index (χ1n) is 6.50. The molecule has 1 atom stereocenters. The summed E-state index contributed by atoms with van der Waals surface area (Å²) >= 11 is 0. The summed E-state index contributed by atoms with van der Waals surface area (Å²) in [5.74, 6) is 0.667. The number of aliphatic imine (C=N–C) groups is 1. The van der Waals surface area contributed by atoms with Gasteiger partial charge < -0.3 is 20.1 Å². The lowest BCUT2D eigenvalue weighted by molar-refractivity contribution is -0.00369. The molecule has 2 N–H and O–H groups in total. The number of nitrogens with zero attached hydrogens (tertiary/aromatic N) is 2. The van der Waals surface area contributed by atoms with Crippen molar-refractivity contribution in [2.75, 3.05) is 26.3 Å². The van der Waals surface area contributed by atoms with Crippen LogP contribution in [0.2, 0.25) is 0 Å². The lowest BCUT2D eigenvalue weighted by atomic mass is 9.90. The largest absolute Gasteiger partial charge is 0.378 e. The highest BCUT2D eigenvalue weighted by molar-refractivity contribution is 5.78. The van der Waals surface area contributed by atoms with E-state index >= 15 is 0 Å². The third-order valence-electron chi connectivity index (χ3n) is 3.35. The second-order valence-electron chi connectivity index (χ2n) is 4.82. The maximum atomic E-state index is 6.02. The molecule has 1 saturated carbocycles. The third kappa shape index (κ3) is 3.33. The molecule has 0 radical (unpaired) electrons. The molecule has 1 aliphatic carbocycles. The van der Waals surface area contributed by atoms with E-state index in [0.29, 0.717) is 18.1 Å². The molecule has 1 aliphatic heterocycles. The first-order chi connectivity index (χ1) is 8.19. The van der Waals surface area contributed by atoms with Crippen LogP contribution in [0.25, 0.3) is 0 Å². The molecule has 5 nitrogen and oxygen atoms in total. The van der Waals surface area contributed by atoms with E-state index in [1.165, 1.54) is 0 Å². The lowest BCUT2D eigenvalue weighted by Gasteiger charge is -2.35. The van der Waals surface area contributed by atoms with Crippen molar-refractivity contribution in [1.29, 1.82) is 0 Å². The smallest absolute Gasteiger partial charge is 0.191 e. The number of morpholine rings is 1. The zero-order chi connectivity index (χ0) is 12.3. The number of hydrogen-bond acceptors (Lipinski definition) is 3. The Balaban J connectivity index is 1.77. The van der Waals surface area contributed by atoms with Crippen LogP contribution < -0.4 is 5.73 Å². The molecule has 5 heteroatoms. The normalized spacial score (nSPS) is 34.6. The van der Waals surface area contributed by atoms with Crippen molar-refractivity contribution in [3.8, 4) is 0 Å². The van der Waals surface area contributed by atoms with Gasteiger partial charge in [0.1, 0.15) is 0 Å². The number of hydrogen-bond donors (Lipinski definition) is 1. The van der Waals surface area contributed by atoms with Crippen LogP contribution in [0.5, 0.6) is 0 Å². The average Bonchev–Trinajstić information content (AvgIpc) is 2.26. The third-order valence-corrected chi connectivity index (χ3v) is 3.35. The molecule has 17 heavy (non-hydrogen) atoms. The van der Waals surface area contributed by atoms with Crippen LogP contribution in [-0.4, -0.2) is 55.4 Å². The summed E-state index contributed by atoms with van der Waals surface area (Å²) in [7, 11) is 0. The Kier molecular flexibility index (Phi) is 4.23. The average molecular weight is 241 g/mol. The van der Waals surface area contributed by atoms with Crippen LogP contribution in [0.15, 0.2) is 4.99 Å². The number of nitrogens with two attached hydrogens (primary N) is 1. The Morgan fingerprint density at radius 1 is 1.53 bits per heavy atom. The highest BCUT2D eigenvalue weighted by Gasteiger charge is 2.30. The fraction of sp³-hybridized carbons (Fsp3) is 0.917. The summed E-state index contributed by atoms with van der Waals surface area (Å²) in [5, 5.41) is 0. The minimum Gasteiger partial charge on any atom is -0.378 e. The summed E-state index contributed by atoms with van der Waals surface area (Å²) in [6, 6.07) is 0.352. The Bertz CT molecular complexity index is 277. The number of ether oxygens (including phenoxy) is 2. The van der Waals surface area contributed by atoms with Gasteiger partial charge in [-0.2, -0.15) is 0 Å². The van der Waals surface area contributed by atoms with Crippen molar-refractivity contribution in [1.82, 2.24) is 4.90 Å². The summed E-state index contributed by atoms with van der Waals surface area (Å²) in [4.78, 5) is 6.67. The van der Waals surface area contributed by atoms with E-state index in [0.717, 1.165) is 39.1 Å². The van der Waals surface area contributed by atoms with Crippen molar-refractivity contribution in [2.24, 2.45) is 10.7 Å². The van der Waals surface area contributed by atoms with Gasteiger partial charge in [0.2, 0.25) is 0 Å². The summed E-state index contributed by atoms with van der Waals surface area (Å²) < 4.78 is 11.0. The maximum Gasteiger partial charge on any atom is 0.191 e. The minimum absolute atomic E-state index is 0.245. The van der Waals surface area contributed by atoms with E-state index in [9.17, 15) is 0 Å². The first kappa shape index (κ1) is 12.6. The van der Waals surface area contributed by atoms with Crippen LogP contribution in [-0.2, 0) is 9.47 Å². The molecule has 2 fully saturated rings. The zero-order valence-corrected chi connectivity index (χ0v) is 10.8. The monoisotopic (exact) mass is 241 g/mol. The Hall–Kier alpha value is -0.810. The Labute approximate surface area is 103 Å². The van der Waals surface area contributed by atoms with Gasteiger partial charge in [0.25, 0.3) is 0 Å². The van der Waals surface area contributed by atoms with Gasteiger partial charge in [0.15, 0.2) is 5.96 Å². The predicted octanol–water partition coefficient (Wildman–Crippen LogP) is 0.589. The molecule has 1 heterocycles. The predicted molar refractivity (Wildman–Crippen MR) is 67.0 cm³/mol. The highest BCUT2D eigenvalue weighted by atomic mass is 16.5. The van der Waals surface area contributed by atoms with Gasteiger partial charge in [0, 0.05) is 19.7 Å². The van der Waals surface area contributed by atoms with E-state index in [-0.39, 0.29) is 6.10 Å². The molecule has 0 amide bonds. The maximum absolute atomic E-state index is 6.02. The molecule has 2 rings (SSSR count). The van der Waals surface area contributed by atoms with Crippen molar-refractivity contribution < 1.29 is 9.47 Å². The van der Waals surface area contributed by atoms with Crippen molar-refractivity contribution in [2.45, 2.75) is 44.9 Å². The van der Waals surface area contributed by atoms with Gasteiger partial charge in [-0.25, -0.2) is 4.99 Å². The number of guanidine groups is 1. The van der Waals surface area contributed by atoms with Crippen LogP contribution in [0.1, 0.15) is 26.7 Å². The summed E-state index contributed by atoms with van der Waals surface area (Å²) in [6.07, 6.45) is 2.66. The van der Waals surface area contributed by atoms with Gasteiger partial charge in [-0.1, -0.05) is 0 Å². The van der Waals surface area contributed by atoms with Gasteiger partial charge in [-0.15, -0.1) is 0 Å². The van der Waals surface area contributed by atoms with Gasteiger partial charge in [0.05, 0.1) is 24.9 Å². The second-order valence-corrected chi connectivity index (χ2v) is 4.82. The quantitative estimate of drug-likeness (QED) is 0.580. The van der Waals surface area contributed by atoms with Gasteiger partial charge >= 0.3 is 0 Å². The lowest BCUT2D eigenvalue weighted by Crippen LogP contribution is -2.49. The molecular weight excluding hydrogens is 218 g/mol. The van der Waals surface area contributed by atoms with E-state index in [4.69, 9.17) is 15.2 Å². The van der Waals surface area contributed by atoms with Crippen LogP contribution in [0.3, 0.4) is 0 Å². The molecular formula is C12H23N3O2. The molecule has 98 valence electrons. The zero-order valence-electron chi connectivity index (χ0n) is 10.8. The first-order valence-corrected chi connectivity index (χ1v) is 6.50. The summed E-state index contributed by atoms with van der Waals surface area (Å²) in [5.41, 5.74) is 6.02. The van der Waals surface area contributed by atoms with E-state index in [2.05, 4.69) is 16.8 Å². The summed E-state index contributed by atoms with van der Waals surface area (Å²) in [6.45, 7) is 7.31. The second kappa shape index (κ2) is 5.69. The van der Waals surface area contributed by atoms with Gasteiger partial charge in [-0.3, -0.25) is 0 Å². The Morgan fingerprint density at radius 3 is 2.94 bits per heavy atom. The highest BCUT2D eigenvalue weighted by Crippen LogP contribution is 2.26. The van der Waals surface area contributed by atoms with Crippen molar-refractivity contribution >= 4 is 5.96 Å². The van der Waals surface area contributed by atoms with E-state index in [1.807, 2.05) is 6.92 Å². The van der Waals surface area contributed by atoms with Crippen molar-refractivity contribution in [3.05, 3.63) is 0 Å². The fourth-order valence-electron chi connectivity index (χ4n) is 2.31. The van der Waals surface area contributed by atoms with E-state index in [1.54, 1.807) is 0 Å². The standard InChI is InChI=1S/C12H23N3O2/c1-3-16-11-6-10(7-11)14-12(13)15-4-5-17-9(2)8-15/h9-11H,3-8H2,1-2H3,(H2,13,14). The molecule has 1 unspecified atom stereocenters. The van der Waals surface area contributed by atoms with Gasteiger partial charge in [-0.05, 0) is 26.7 Å². The van der Waals surface area contributed by atoms with E-state index < -0.39 is 0 Å². The minimum atomic E-state index is 0.245. The molecule has 0 bridgehead atoms. The molecule has 1 saturated heterocycles. The molecule has 0 aromatic heterocycles. The molecule has 0 aromatic rings. The molecule has 0 spiro atoms. The van der Waals surface area contributed by atoms with Crippen LogP contribution in [0.4, 0.5) is 0 Å². The van der Waals surface area contributed by atoms with Crippen LogP contribution >= 0.6 is 0 Å². The van der Waals surface area contributed by atoms with Crippen molar-refractivity contribution in [3.63, 3.8) is 0 Å². The Morgan fingerprint density at radius 2 is 2.29 bits per heavy atom.